The van der Waals surface area contributed by atoms with Crippen LogP contribution in [0.15, 0.2) is 18.3 Å². The maximum absolute atomic E-state index is 12.1. The Kier molecular flexibility index (Phi) is 3.97. The first kappa shape index (κ1) is 13.7. The van der Waals surface area contributed by atoms with E-state index >= 15 is 0 Å². The Morgan fingerprint density at radius 2 is 2.21 bits per heavy atom. The lowest BCUT2D eigenvalue weighted by Crippen LogP contribution is -2.14. The number of aromatic amines is 1. The van der Waals surface area contributed by atoms with Gasteiger partial charge in [-0.05, 0) is 18.6 Å². The largest absolute Gasteiger partial charge is 0.399 e. The number of benzene rings is 1. The lowest BCUT2D eigenvalue weighted by Gasteiger charge is -2.08. The van der Waals surface area contributed by atoms with Crippen molar-refractivity contribution < 1.29 is 4.79 Å². The number of carbonyl (C=O) groups excluding carboxylic acids is 1. The maximum atomic E-state index is 12.1. The molecule has 100 valence electrons. The Hall–Kier alpha value is -1.72. The summed E-state index contributed by atoms with van der Waals surface area (Å²) in [6, 6.07) is 2.97. The summed E-state index contributed by atoms with van der Waals surface area (Å²) >= 11 is 11.9. The highest BCUT2D eigenvalue weighted by molar-refractivity contribution is 6.44. The Labute approximate surface area is 120 Å². The molecule has 1 aromatic carbocycles. The Morgan fingerprint density at radius 1 is 1.47 bits per heavy atom. The van der Waals surface area contributed by atoms with Crippen LogP contribution >= 0.6 is 23.2 Å². The van der Waals surface area contributed by atoms with Gasteiger partial charge in [0.15, 0.2) is 0 Å². The fourth-order valence-electron chi connectivity index (χ4n) is 1.64. The van der Waals surface area contributed by atoms with Crippen molar-refractivity contribution in [3.63, 3.8) is 0 Å². The SMILES string of the molecule is CCc1cn[nH]c1NC(=O)c1cc(N)cc(Cl)c1Cl. The third-order valence-electron chi connectivity index (χ3n) is 2.63. The van der Waals surface area contributed by atoms with Gasteiger partial charge in [-0.1, -0.05) is 30.1 Å². The van der Waals surface area contributed by atoms with Crippen LogP contribution in [0.3, 0.4) is 0 Å². The predicted octanol–water partition coefficient (Wildman–Crippen LogP) is 3.11. The Balaban J connectivity index is 2.30. The number of nitrogens with one attached hydrogen (secondary N) is 2. The van der Waals surface area contributed by atoms with E-state index in [2.05, 4.69) is 15.5 Å². The van der Waals surface area contributed by atoms with Crippen LogP contribution in [0.4, 0.5) is 11.5 Å². The number of H-pyrrole nitrogens is 1. The maximum Gasteiger partial charge on any atom is 0.258 e. The van der Waals surface area contributed by atoms with E-state index in [4.69, 9.17) is 28.9 Å². The van der Waals surface area contributed by atoms with Gasteiger partial charge in [-0.25, -0.2) is 0 Å². The van der Waals surface area contributed by atoms with Crippen molar-refractivity contribution in [1.82, 2.24) is 10.2 Å². The second kappa shape index (κ2) is 5.50. The number of hydrogen-bond acceptors (Lipinski definition) is 3. The van der Waals surface area contributed by atoms with E-state index in [1.807, 2.05) is 6.92 Å². The molecule has 1 amide bonds. The minimum absolute atomic E-state index is 0.172. The molecule has 0 aliphatic rings. The van der Waals surface area contributed by atoms with Gasteiger partial charge in [0.25, 0.3) is 5.91 Å². The number of halogens is 2. The lowest BCUT2D eigenvalue weighted by molar-refractivity contribution is 0.102. The third kappa shape index (κ3) is 2.83. The molecule has 0 spiro atoms. The fraction of sp³-hybridized carbons (Fsp3) is 0.167. The minimum Gasteiger partial charge on any atom is -0.399 e. The molecule has 2 aromatic rings. The van der Waals surface area contributed by atoms with E-state index in [1.54, 1.807) is 6.20 Å². The highest BCUT2D eigenvalue weighted by Gasteiger charge is 2.16. The summed E-state index contributed by atoms with van der Waals surface area (Å²) in [5, 5.41) is 9.70. The first-order valence-corrected chi connectivity index (χ1v) is 6.36. The molecule has 1 aromatic heterocycles. The van der Waals surface area contributed by atoms with Crippen molar-refractivity contribution in [2.45, 2.75) is 13.3 Å². The molecule has 5 nitrogen and oxygen atoms in total. The number of carbonyl (C=O) groups is 1. The zero-order valence-electron chi connectivity index (χ0n) is 10.1. The molecule has 1 heterocycles. The number of anilines is 2. The smallest absolute Gasteiger partial charge is 0.258 e. The van der Waals surface area contributed by atoms with Crippen LogP contribution < -0.4 is 11.1 Å². The van der Waals surface area contributed by atoms with Gasteiger partial charge in [0, 0.05) is 11.3 Å². The molecule has 0 unspecified atom stereocenters. The van der Waals surface area contributed by atoms with Crippen LogP contribution in [0.5, 0.6) is 0 Å². The van der Waals surface area contributed by atoms with Crippen molar-refractivity contribution in [2.75, 3.05) is 11.1 Å². The molecule has 0 radical (unpaired) electrons. The molecule has 4 N–H and O–H groups in total. The third-order valence-corrected chi connectivity index (χ3v) is 3.43. The van der Waals surface area contributed by atoms with Crippen molar-refractivity contribution in [1.29, 1.82) is 0 Å². The van der Waals surface area contributed by atoms with Crippen molar-refractivity contribution in [3.8, 4) is 0 Å². The molecule has 7 heteroatoms. The molecule has 2 rings (SSSR count). The van der Waals surface area contributed by atoms with Crippen LogP contribution in [0, 0.1) is 0 Å². The van der Waals surface area contributed by atoms with E-state index < -0.39 is 5.91 Å². The highest BCUT2D eigenvalue weighted by Crippen LogP contribution is 2.29. The molecule has 0 fully saturated rings. The van der Waals surface area contributed by atoms with Gasteiger partial charge < -0.3 is 11.1 Å². The summed E-state index contributed by atoms with van der Waals surface area (Å²) in [5.41, 5.74) is 7.15. The number of hydrogen-bond donors (Lipinski definition) is 3. The predicted molar refractivity (Wildman–Crippen MR) is 76.8 cm³/mol. The van der Waals surface area contributed by atoms with Crippen LogP contribution in [-0.4, -0.2) is 16.1 Å². The van der Waals surface area contributed by atoms with Gasteiger partial charge in [0.05, 0.1) is 21.8 Å². The van der Waals surface area contributed by atoms with Crippen LogP contribution in [0.1, 0.15) is 22.8 Å². The van der Waals surface area contributed by atoms with E-state index in [9.17, 15) is 4.79 Å². The Morgan fingerprint density at radius 3 is 2.89 bits per heavy atom. The summed E-state index contributed by atoms with van der Waals surface area (Å²) in [4.78, 5) is 12.1. The van der Waals surface area contributed by atoms with Gasteiger partial charge in [0.2, 0.25) is 0 Å². The zero-order valence-corrected chi connectivity index (χ0v) is 11.6. The second-order valence-electron chi connectivity index (χ2n) is 3.94. The van der Waals surface area contributed by atoms with Gasteiger partial charge in [-0.3, -0.25) is 9.89 Å². The summed E-state index contributed by atoms with van der Waals surface area (Å²) in [6.45, 7) is 1.96. The standard InChI is InChI=1S/C12H12Cl2N4O/c1-2-6-5-16-18-11(6)17-12(19)8-3-7(15)4-9(13)10(8)14/h3-5H,2,15H2,1H3,(H2,16,17,18,19). The number of nitrogen functional groups attached to an aromatic ring is 1. The number of rotatable bonds is 3. The number of amides is 1. The molecular weight excluding hydrogens is 287 g/mol. The van der Waals surface area contributed by atoms with Crippen molar-refractivity contribution >= 4 is 40.6 Å². The van der Waals surface area contributed by atoms with Crippen molar-refractivity contribution in [3.05, 3.63) is 39.5 Å². The first-order valence-electron chi connectivity index (χ1n) is 5.61. The number of nitrogens with zero attached hydrogens (tertiary/aromatic N) is 1. The minimum atomic E-state index is -0.391. The number of nitrogens with two attached hydrogens (primary N) is 1. The van der Waals surface area contributed by atoms with E-state index in [1.165, 1.54) is 12.1 Å². The normalized spacial score (nSPS) is 10.5. The quantitative estimate of drug-likeness (QED) is 0.761. The molecule has 0 aliphatic carbocycles. The highest BCUT2D eigenvalue weighted by atomic mass is 35.5. The first-order chi connectivity index (χ1) is 9.02. The molecule has 19 heavy (non-hydrogen) atoms. The Bertz CT molecular complexity index is 624. The van der Waals surface area contributed by atoms with Gasteiger partial charge >= 0.3 is 0 Å². The zero-order chi connectivity index (χ0) is 14.0. The van der Waals surface area contributed by atoms with Gasteiger partial charge in [-0.2, -0.15) is 5.10 Å². The van der Waals surface area contributed by atoms with Gasteiger partial charge in [-0.15, -0.1) is 0 Å². The average molecular weight is 299 g/mol. The lowest BCUT2D eigenvalue weighted by atomic mass is 10.2. The number of aromatic nitrogens is 2. The average Bonchev–Trinajstić information content (AvgIpc) is 2.80. The monoisotopic (exact) mass is 298 g/mol. The molecule has 0 bridgehead atoms. The molecule has 0 aliphatic heterocycles. The van der Waals surface area contributed by atoms with Crippen LogP contribution in [-0.2, 0) is 6.42 Å². The number of aryl methyl sites for hydroxylation is 1. The summed E-state index contributed by atoms with van der Waals surface area (Å²) < 4.78 is 0. The van der Waals surface area contributed by atoms with Gasteiger partial charge in [0.1, 0.15) is 5.82 Å². The van der Waals surface area contributed by atoms with E-state index in [-0.39, 0.29) is 15.6 Å². The van der Waals surface area contributed by atoms with Crippen LogP contribution in [0.25, 0.3) is 0 Å². The molecular formula is C12H12Cl2N4O. The van der Waals surface area contributed by atoms with Crippen LogP contribution in [0.2, 0.25) is 10.0 Å². The van der Waals surface area contributed by atoms with E-state index in [0.717, 1.165) is 12.0 Å². The molecule has 0 saturated carbocycles. The summed E-state index contributed by atoms with van der Waals surface area (Å²) in [7, 11) is 0. The second-order valence-corrected chi connectivity index (χ2v) is 4.73. The topological polar surface area (TPSA) is 83.8 Å². The summed E-state index contributed by atoms with van der Waals surface area (Å²) in [5.74, 6) is 0.153. The van der Waals surface area contributed by atoms with Crippen molar-refractivity contribution in [2.24, 2.45) is 0 Å². The molecule has 0 atom stereocenters. The fourth-order valence-corrected chi connectivity index (χ4v) is 2.07. The summed E-state index contributed by atoms with van der Waals surface area (Å²) in [6.07, 6.45) is 2.40. The molecule has 0 saturated heterocycles. The van der Waals surface area contributed by atoms with E-state index in [0.29, 0.717) is 11.5 Å².